The zero-order valence-electron chi connectivity index (χ0n) is 14.8. The monoisotopic (exact) mass is 371 g/mol. The highest BCUT2D eigenvalue weighted by Crippen LogP contribution is 2.24. The van der Waals surface area contributed by atoms with E-state index in [1.165, 1.54) is 0 Å². The van der Waals surface area contributed by atoms with E-state index in [1.54, 1.807) is 25.5 Å². The van der Waals surface area contributed by atoms with E-state index in [2.05, 4.69) is 9.88 Å². The Balaban J connectivity index is 1.53. The van der Waals surface area contributed by atoms with Crippen LogP contribution in [-0.4, -0.2) is 54.0 Å². The van der Waals surface area contributed by atoms with Gasteiger partial charge in [0.1, 0.15) is 5.75 Å². The van der Waals surface area contributed by atoms with E-state index in [1.807, 2.05) is 41.3 Å². The predicted molar refractivity (Wildman–Crippen MR) is 103 cm³/mol. The molecular weight excluding hydrogens is 350 g/mol. The van der Waals surface area contributed by atoms with Gasteiger partial charge in [-0.3, -0.25) is 14.7 Å². The first kappa shape index (κ1) is 18.4. The fourth-order valence-electron chi connectivity index (χ4n) is 2.97. The smallest absolute Gasteiger partial charge is 0.246 e. The van der Waals surface area contributed by atoms with Crippen LogP contribution >= 0.6 is 11.6 Å². The molecule has 26 heavy (non-hydrogen) atoms. The molecule has 2 heterocycles. The number of hydrogen-bond donors (Lipinski definition) is 0. The van der Waals surface area contributed by atoms with Crippen LogP contribution in [0, 0.1) is 0 Å². The van der Waals surface area contributed by atoms with E-state index < -0.39 is 0 Å². The zero-order chi connectivity index (χ0) is 18.4. The van der Waals surface area contributed by atoms with Crippen LogP contribution in [0.25, 0.3) is 6.08 Å². The number of carbonyl (C=O) groups excluding carboxylic acids is 1. The van der Waals surface area contributed by atoms with Gasteiger partial charge in [-0.05, 0) is 36.4 Å². The molecule has 1 fully saturated rings. The minimum absolute atomic E-state index is 0.0237. The molecule has 0 spiro atoms. The molecule has 0 N–H and O–H groups in total. The zero-order valence-corrected chi connectivity index (χ0v) is 15.5. The summed E-state index contributed by atoms with van der Waals surface area (Å²) in [7, 11) is 1.66. The third kappa shape index (κ3) is 4.84. The number of benzene rings is 1. The van der Waals surface area contributed by atoms with Crippen molar-refractivity contribution in [3.63, 3.8) is 0 Å². The molecular formula is C20H22ClN3O2. The number of rotatable bonds is 5. The Hall–Kier alpha value is -2.37. The van der Waals surface area contributed by atoms with Crippen molar-refractivity contribution in [2.45, 2.75) is 6.54 Å². The number of carbonyl (C=O) groups is 1. The number of methoxy groups -OCH3 is 1. The Bertz CT molecular complexity index is 772. The number of halogens is 1. The summed E-state index contributed by atoms with van der Waals surface area (Å²) in [6, 6.07) is 11.3. The highest BCUT2D eigenvalue weighted by molar-refractivity contribution is 6.30. The van der Waals surface area contributed by atoms with E-state index in [0.717, 1.165) is 36.6 Å². The number of pyridine rings is 1. The summed E-state index contributed by atoms with van der Waals surface area (Å²) in [6.45, 7) is 3.80. The van der Waals surface area contributed by atoms with Crippen molar-refractivity contribution in [1.29, 1.82) is 0 Å². The first-order chi connectivity index (χ1) is 12.7. The molecule has 0 bridgehead atoms. The Kier molecular flexibility index (Phi) is 6.26. The topological polar surface area (TPSA) is 45.7 Å². The predicted octanol–water partition coefficient (Wildman–Crippen LogP) is 3.10. The van der Waals surface area contributed by atoms with Crippen molar-refractivity contribution in [3.05, 3.63) is 65.0 Å². The summed E-state index contributed by atoms with van der Waals surface area (Å²) in [5.74, 6) is 0.863. The first-order valence-electron chi connectivity index (χ1n) is 8.58. The number of amides is 1. The van der Waals surface area contributed by atoms with Crippen molar-refractivity contribution in [2.24, 2.45) is 0 Å². The molecule has 2 aromatic rings. The summed E-state index contributed by atoms with van der Waals surface area (Å²) in [5.41, 5.74) is 1.85. The minimum Gasteiger partial charge on any atom is -0.496 e. The molecule has 6 heteroatoms. The van der Waals surface area contributed by atoms with Crippen LogP contribution in [0.5, 0.6) is 5.75 Å². The quantitative estimate of drug-likeness (QED) is 0.758. The lowest BCUT2D eigenvalue weighted by molar-refractivity contribution is -0.127. The Morgan fingerprint density at radius 1 is 1.23 bits per heavy atom. The van der Waals surface area contributed by atoms with Gasteiger partial charge in [-0.2, -0.15) is 0 Å². The highest BCUT2D eigenvalue weighted by Gasteiger charge is 2.20. The van der Waals surface area contributed by atoms with E-state index in [-0.39, 0.29) is 5.91 Å². The lowest BCUT2D eigenvalue weighted by Crippen LogP contribution is -2.47. The second-order valence-electron chi connectivity index (χ2n) is 6.15. The lowest BCUT2D eigenvalue weighted by Gasteiger charge is -2.34. The molecule has 1 amide bonds. The van der Waals surface area contributed by atoms with Crippen LogP contribution in [0.2, 0.25) is 5.02 Å². The molecule has 0 atom stereocenters. The average molecular weight is 372 g/mol. The number of hydrogen-bond acceptors (Lipinski definition) is 4. The van der Waals surface area contributed by atoms with Crippen LogP contribution in [0.4, 0.5) is 0 Å². The third-order valence-corrected chi connectivity index (χ3v) is 4.64. The number of ether oxygens (including phenoxy) is 1. The molecule has 136 valence electrons. The van der Waals surface area contributed by atoms with Gasteiger partial charge < -0.3 is 9.64 Å². The SMILES string of the molecule is COc1ccc(Cl)cc1CN1CCN(C(=O)C=Cc2ccccn2)CC1. The fourth-order valence-corrected chi connectivity index (χ4v) is 3.17. The standard InChI is InChI=1S/C20H22ClN3O2/c1-26-19-7-5-17(21)14-16(19)15-23-10-12-24(13-11-23)20(25)8-6-18-4-2-3-9-22-18/h2-9,14H,10-13,15H2,1H3. The van der Waals surface area contributed by atoms with Gasteiger partial charge in [0.15, 0.2) is 0 Å². The lowest BCUT2D eigenvalue weighted by atomic mass is 10.1. The van der Waals surface area contributed by atoms with Crippen LogP contribution in [0.3, 0.4) is 0 Å². The molecule has 5 nitrogen and oxygen atoms in total. The molecule has 0 unspecified atom stereocenters. The second kappa shape index (κ2) is 8.83. The summed E-state index contributed by atoms with van der Waals surface area (Å²) in [5, 5.41) is 0.703. The Labute approximate surface area is 158 Å². The number of aromatic nitrogens is 1. The molecule has 1 saturated heterocycles. The Morgan fingerprint density at radius 3 is 2.73 bits per heavy atom. The molecule has 0 radical (unpaired) electrons. The van der Waals surface area contributed by atoms with E-state index >= 15 is 0 Å². The maximum absolute atomic E-state index is 12.3. The summed E-state index contributed by atoms with van der Waals surface area (Å²) < 4.78 is 5.41. The summed E-state index contributed by atoms with van der Waals surface area (Å²) >= 11 is 6.10. The van der Waals surface area contributed by atoms with Crippen molar-refractivity contribution in [1.82, 2.24) is 14.8 Å². The fraction of sp³-hybridized carbons (Fsp3) is 0.300. The van der Waals surface area contributed by atoms with Gasteiger partial charge in [0, 0.05) is 55.6 Å². The number of nitrogens with zero attached hydrogens (tertiary/aromatic N) is 3. The van der Waals surface area contributed by atoms with Crippen molar-refractivity contribution in [3.8, 4) is 5.75 Å². The summed E-state index contributed by atoms with van der Waals surface area (Å²) in [4.78, 5) is 20.7. The normalized spacial score (nSPS) is 15.4. The van der Waals surface area contributed by atoms with Crippen LogP contribution < -0.4 is 4.74 Å². The molecule has 0 saturated carbocycles. The molecule has 1 aromatic carbocycles. The van der Waals surface area contributed by atoms with Crippen molar-refractivity contribution in [2.75, 3.05) is 33.3 Å². The van der Waals surface area contributed by atoms with Crippen LogP contribution in [0.15, 0.2) is 48.7 Å². The molecule has 1 aromatic heterocycles. The van der Waals surface area contributed by atoms with Crippen LogP contribution in [-0.2, 0) is 11.3 Å². The van der Waals surface area contributed by atoms with E-state index in [4.69, 9.17) is 16.3 Å². The average Bonchev–Trinajstić information content (AvgIpc) is 2.68. The minimum atomic E-state index is 0.0237. The van der Waals surface area contributed by atoms with Gasteiger partial charge in [0.05, 0.1) is 12.8 Å². The molecule has 3 rings (SSSR count). The van der Waals surface area contributed by atoms with Gasteiger partial charge in [-0.1, -0.05) is 17.7 Å². The summed E-state index contributed by atoms with van der Waals surface area (Å²) in [6.07, 6.45) is 5.07. The molecule has 1 aliphatic rings. The van der Waals surface area contributed by atoms with Gasteiger partial charge >= 0.3 is 0 Å². The maximum Gasteiger partial charge on any atom is 0.246 e. The second-order valence-corrected chi connectivity index (χ2v) is 6.58. The van der Waals surface area contributed by atoms with Crippen molar-refractivity contribution < 1.29 is 9.53 Å². The van der Waals surface area contributed by atoms with E-state index in [9.17, 15) is 4.79 Å². The van der Waals surface area contributed by atoms with E-state index in [0.29, 0.717) is 18.1 Å². The molecule has 1 aliphatic heterocycles. The first-order valence-corrected chi connectivity index (χ1v) is 8.96. The van der Waals surface area contributed by atoms with Gasteiger partial charge in [0.2, 0.25) is 5.91 Å². The van der Waals surface area contributed by atoms with Crippen LogP contribution in [0.1, 0.15) is 11.3 Å². The third-order valence-electron chi connectivity index (χ3n) is 4.40. The highest BCUT2D eigenvalue weighted by atomic mass is 35.5. The van der Waals surface area contributed by atoms with Crippen molar-refractivity contribution >= 4 is 23.6 Å². The largest absolute Gasteiger partial charge is 0.496 e. The van der Waals surface area contributed by atoms with Gasteiger partial charge in [-0.25, -0.2) is 0 Å². The number of piperazine rings is 1. The molecule has 0 aliphatic carbocycles. The van der Waals surface area contributed by atoms with Gasteiger partial charge in [-0.15, -0.1) is 0 Å². The Morgan fingerprint density at radius 2 is 2.04 bits per heavy atom. The van der Waals surface area contributed by atoms with Gasteiger partial charge in [0.25, 0.3) is 0 Å². The maximum atomic E-state index is 12.3.